The summed E-state index contributed by atoms with van der Waals surface area (Å²) in [6, 6.07) is 36.9. The second-order valence-corrected chi connectivity index (χ2v) is 8.88. The van der Waals surface area contributed by atoms with Crippen molar-refractivity contribution >= 4 is 29.2 Å². The fourth-order valence-corrected chi connectivity index (χ4v) is 5.06. The van der Waals surface area contributed by atoms with E-state index in [1.807, 2.05) is 82.6 Å². The Morgan fingerprint density at radius 2 is 1.16 bits per heavy atom. The molecule has 0 aliphatic carbocycles. The molecule has 0 N–H and O–H groups in total. The lowest BCUT2D eigenvalue weighted by Gasteiger charge is -2.35. The van der Waals surface area contributed by atoms with E-state index in [1.54, 1.807) is 11.8 Å². The third-order valence-electron chi connectivity index (χ3n) is 5.62. The molecule has 1 aliphatic rings. The van der Waals surface area contributed by atoms with Gasteiger partial charge in [0.05, 0.1) is 11.4 Å². The van der Waals surface area contributed by atoms with Crippen molar-refractivity contribution in [1.82, 2.24) is 4.90 Å². The van der Waals surface area contributed by atoms with Crippen LogP contribution in [0.2, 0.25) is 0 Å². The lowest BCUT2D eigenvalue weighted by molar-refractivity contribution is 0.205. The SMILES string of the molecule is O=C(N(CCc1ccccc1)Cc1ccccc1)N1c2ccccc2Sc2ccccc21. The monoisotopic (exact) mass is 436 g/mol. The molecule has 3 nitrogen and oxygen atoms in total. The van der Waals surface area contributed by atoms with Crippen molar-refractivity contribution in [3.8, 4) is 0 Å². The Kier molecular flexibility index (Phi) is 5.95. The number of hydrogen-bond donors (Lipinski definition) is 0. The highest BCUT2D eigenvalue weighted by Crippen LogP contribution is 2.48. The first-order valence-corrected chi connectivity index (χ1v) is 11.6. The molecule has 158 valence electrons. The Balaban J connectivity index is 1.50. The van der Waals surface area contributed by atoms with E-state index in [4.69, 9.17) is 0 Å². The van der Waals surface area contributed by atoms with Crippen LogP contribution < -0.4 is 4.90 Å². The van der Waals surface area contributed by atoms with Gasteiger partial charge >= 0.3 is 6.03 Å². The molecule has 2 amide bonds. The van der Waals surface area contributed by atoms with Gasteiger partial charge in [-0.15, -0.1) is 0 Å². The van der Waals surface area contributed by atoms with Gasteiger partial charge in [-0.25, -0.2) is 4.79 Å². The summed E-state index contributed by atoms with van der Waals surface area (Å²) < 4.78 is 0. The number of carbonyl (C=O) groups excluding carboxylic acids is 1. The van der Waals surface area contributed by atoms with Gasteiger partial charge in [0.2, 0.25) is 0 Å². The van der Waals surface area contributed by atoms with Crippen molar-refractivity contribution in [2.24, 2.45) is 0 Å². The molecule has 4 heteroatoms. The van der Waals surface area contributed by atoms with E-state index in [2.05, 4.69) is 36.4 Å². The third-order valence-corrected chi connectivity index (χ3v) is 6.75. The average molecular weight is 437 g/mol. The molecule has 0 atom stereocenters. The van der Waals surface area contributed by atoms with Crippen molar-refractivity contribution in [1.29, 1.82) is 0 Å². The van der Waals surface area contributed by atoms with E-state index in [0.29, 0.717) is 13.1 Å². The van der Waals surface area contributed by atoms with Crippen molar-refractivity contribution in [3.05, 3.63) is 120 Å². The summed E-state index contributed by atoms with van der Waals surface area (Å²) in [7, 11) is 0. The predicted octanol–water partition coefficient (Wildman–Crippen LogP) is 7.15. The van der Waals surface area contributed by atoms with E-state index >= 15 is 0 Å². The molecule has 4 aromatic rings. The Labute approximate surface area is 193 Å². The molecule has 1 aliphatic heterocycles. The zero-order valence-corrected chi connectivity index (χ0v) is 18.5. The second kappa shape index (κ2) is 9.33. The zero-order valence-electron chi connectivity index (χ0n) is 17.7. The predicted molar refractivity (Wildman–Crippen MR) is 132 cm³/mol. The van der Waals surface area contributed by atoms with Crippen molar-refractivity contribution < 1.29 is 4.79 Å². The van der Waals surface area contributed by atoms with Crippen LogP contribution in [-0.4, -0.2) is 17.5 Å². The van der Waals surface area contributed by atoms with Gasteiger partial charge in [-0.1, -0.05) is 96.7 Å². The minimum Gasteiger partial charge on any atom is -0.319 e. The van der Waals surface area contributed by atoms with Gasteiger partial charge in [-0.2, -0.15) is 0 Å². The number of fused-ring (bicyclic) bond motifs is 2. The van der Waals surface area contributed by atoms with Crippen LogP contribution in [0, 0.1) is 0 Å². The third kappa shape index (κ3) is 4.27. The molecule has 5 rings (SSSR count). The molecule has 0 fully saturated rings. The van der Waals surface area contributed by atoms with Crippen LogP contribution in [0.5, 0.6) is 0 Å². The molecule has 0 unspecified atom stereocenters. The number of anilines is 2. The van der Waals surface area contributed by atoms with E-state index in [1.165, 1.54) is 5.56 Å². The number of benzene rings is 4. The lowest BCUT2D eigenvalue weighted by atomic mass is 10.1. The van der Waals surface area contributed by atoms with Crippen LogP contribution in [-0.2, 0) is 13.0 Å². The molecule has 0 radical (unpaired) electrons. The average Bonchev–Trinajstić information content (AvgIpc) is 2.86. The van der Waals surface area contributed by atoms with Crippen LogP contribution in [0.25, 0.3) is 0 Å². The molecule has 0 aromatic heterocycles. The van der Waals surface area contributed by atoms with Crippen molar-refractivity contribution in [3.63, 3.8) is 0 Å². The maximum absolute atomic E-state index is 14.1. The minimum atomic E-state index is 0.00461. The molecular weight excluding hydrogens is 412 g/mol. The fourth-order valence-electron chi connectivity index (χ4n) is 4.01. The topological polar surface area (TPSA) is 23.6 Å². The van der Waals surface area contributed by atoms with Crippen LogP contribution in [0.1, 0.15) is 11.1 Å². The first kappa shape index (κ1) is 20.4. The quantitative estimate of drug-likeness (QED) is 0.331. The summed E-state index contributed by atoms with van der Waals surface area (Å²) in [5, 5.41) is 0. The highest BCUT2D eigenvalue weighted by molar-refractivity contribution is 7.99. The standard InChI is InChI=1S/C28H24N2OS/c31-28(30-24-15-7-9-17-26(24)32-27-18-10-8-16-25(27)30)29(21-23-13-5-2-6-14-23)20-19-22-11-3-1-4-12-22/h1-18H,19-21H2. The number of carbonyl (C=O) groups is 1. The van der Waals surface area contributed by atoms with E-state index in [-0.39, 0.29) is 6.03 Å². The summed E-state index contributed by atoms with van der Waals surface area (Å²) >= 11 is 1.72. The van der Waals surface area contributed by atoms with Crippen LogP contribution in [0.15, 0.2) is 119 Å². The number of nitrogens with zero attached hydrogens (tertiary/aromatic N) is 2. The van der Waals surface area contributed by atoms with Gasteiger partial charge < -0.3 is 4.90 Å². The van der Waals surface area contributed by atoms with Crippen LogP contribution in [0.4, 0.5) is 16.2 Å². The summed E-state index contributed by atoms with van der Waals surface area (Å²) in [6.45, 7) is 1.21. The van der Waals surface area contributed by atoms with Gasteiger partial charge in [0.15, 0.2) is 0 Å². The molecule has 4 aromatic carbocycles. The van der Waals surface area contributed by atoms with Gasteiger partial charge in [0.25, 0.3) is 0 Å². The molecule has 0 saturated heterocycles. The summed E-state index contributed by atoms with van der Waals surface area (Å²) in [4.78, 5) is 20.1. The molecule has 0 saturated carbocycles. The second-order valence-electron chi connectivity index (χ2n) is 7.80. The Morgan fingerprint density at radius 1 is 0.656 bits per heavy atom. The molecular formula is C28H24N2OS. The summed E-state index contributed by atoms with van der Waals surface area (Å²) in [5.74, 6) is 0. The Bertz CT molecular complexity index is 1160. The largest absolute Gasteiger partial charge is 0.329 e. The minimum absolute atomic E-state index is 0.00461. The maximum Gasteiger partial charge on any atom is 0.329 e. The van der Waals surface area contributed by atoms with Crippen molar-refractivity contribution in [2.75, 3.05) is 11.4 Å². The smallest absolute Gasteiger partial charge is 0.319 e. The van der Waals surface area contributed by atoms with Crippen molar-refractivity contribution in [2.45, 2.75) is 22.8 Å². The van der Waals surface area contributed by atoms with E-state index in [9.17, 15) is 4.79 Å². The van der Waals surface area contributed by atoms with E-state index < -0.39 is 0 Å². The normalized spacial score (nSPS) is 12.1. The molecule has 0 spiro atoms. The number of hydrogen-bond acceptors (Lipinski definition) is 2. The van der Waals surface area contributed by atoms with Crippen LogP contribution in [0.3, 0.4) is 0 Å². The highest BCUT2D eigenvalue weighted by atomic mass is 32.2. The number of urea groups is 1. The zero-order chi connectivity index (χ0) is 21.8. The van der Waals surface area contributed by atoms with E-state index in [0.717, 1.165) is 33.2 Å². The number of rotatable bonds is 5. The summed E-state index contributed by atoms with van der Waals surface area (Å²) in [6.07, 6.45) is 0.811. The summed E-state index contributed by atoms with van der Waals surface area (Å²) in [5.41, 5.74) is 4.24. The van der Waals surface area contributed by atoms with Gasteiger partial charge in [-0.05, 0) is 41.8 Å². The first-order valence-electron chi connectivity index (χ1n) is 10.8. The maximum atomic E-state index is 14.1. The Hall–Kier alpha value is -3.50. The van der Waals surface area contributed by atoms with Gasteiger partial charge in [0.1, 0.15) is 0 Å². The molecule has 32 heavy (non-hydrogen) atoms. The number of amides is 2. The molecule has 1 heterocycles. The lowest BCUT2D eigenvalue weighted by Crippen LogP contribution is -2.42. The number of para-hydroxylation sites is 2. The van der Waals surface area contributed by atoms with Gasteiger partial charge in [-0.3, -0.25) is 4.90 Å². The van der Waals surface area contributed by atoms with Crippen LogP contribution >= 0.6 is 11.8 Å². The fraction of sp³-hybridized carbons (Fsp3) is 0.107. The van der Waals surface area contributed by atoms with Gasteiger partial charge in [0, 0.05) is 22.9 Å². The first-order chi connectivity index (χ1) is 15.8. The molecule has 0 bridgehead atoms. The highest BCUT2D eigenvalue weighted by Gasteiger charge is 2.31. The Morgan fingerprint density at radius 3 is 1.75 bits per heavy atom.